The van der Waals surface area contributed by atoms with Gasteiger partial charge in [0, 0.05) is 0 Å². The minimum atomic E-state index is -2.89. The molecule has 0 aromatic carbocycles. The van der Waals surface area contributed by atoms with Crippen LogP contribution in [0.1, 0.15) is 5.82 Å². The summed E-state index contributed by atoms with van der Waals surface area (Å²) < 4.78 is 25.0. The van der Waals surface area contributed by atoms with Crippen LogP contribution >= 0.6 is 0 Å². The van der Waals surface area contributed by atoms with Crippen molar-refractivity contribution in [1.82, 2.24) is 15.2 Å². The number of nitrogens with zero attached hydrogens (tertiary/aromatic N) is 2. The highest BCUT2D eigenvalue weighted by atomic mass is 19.3. The van der Waals surface area contributed by atoms with Gasteiger partial charge in [0.05, 0.1) is 13.0 Å². The molecule has 0 fully saturated rings. The van der Waals surface area contributed by atoms with Crippen molar-refractivity contribution in [3.63, 3.8) is 0 Å². The van der Waals surface area contributed by atoms with E-state index in [-0.39, 0.29) is 5.82 Å². The molecule has 4 nitrogen and oxygen atoms in total. The fourth-order valence-corrected chi connectivity index (χ4v) is 0.633. The summed E-state index contributed by atoms with van der Waals surface area (Å²) in [5, 5.41) is 5.76. The lowest BCUT2D eigenvalue weighted by molar-refractivity contribution is 0.00959. The quantitative estimate of drug-likeness (QED) is 0.654. The van der Waals surface area contributed by atoms with Crippen LogP contribution in [-0.2, 0) is 6.42 Å². The Bertz CT molecular complexity index is 208. The molecule has 11 heavy (non-hydrogen) atoms. The molecule has 0 aliphatic heterocycles. The number of nitrogens with two attached hydrogens (primary N) is 1. The fraction of sp³-hybridized carbons (Fsp3) is 0.600. The summed E-state index contributed by atoms with van der Waals surface area (Å²) in [5.74, 6) is -2.74. The molecule has 0 aliphatic carbocycles. The zero-order valence-corrected chi connectivity index (χ0v) is 5.72. The molecule has 1 heterocycles. The molecule has 0 unspecified atom stereocenters. The van der Waals surface area contributed by atoms with Crippen LogP contribution in [0.5, 0.6) is 0 Å². The van der Waals surface area contributed by atoms with Gasteiger partial charge < -0.3 is 5.73 Å². The summed E-state index contributed by atoms with van der Waals surface area (Å²) in [6.45, 7) is -0.673. The van der Waals surface area contributed by atoms with E-state index in [2.05, 4.69) is 15.2 Å². The number of aromatic amines is 1. The third-order valence-corrected chi connectivity index (χ3v) is 1.19. The van der Waals surface area contributed by atoms with Crippen LogP contribution in [0.4, 0.5) is 8.78 Å². The number of hydrogen-bond acceptors (Lipinski definition) is 3. The minimum Gasteiger partial charge on any atom is -0.325 e. The molecule has 0 bridgehead atoms. The third-order valence-electron chi connectivity index (χ3n) is 1.19. The predicted octanol–water partition coefficient (Wildman–Crippen LogP) is -0.0588. The predicted molar refractivity (Wildman–Crippen MR) is 34.1 cm³/mol. The second-order valence-corrected chi connectivity index (χ2v) is 2.17. The summed E-state index contributed by atoms with van der Waals surface area (Å²) in [7, 11) is 0. The largest absolute Gasteiger partial charge is 0.325 e. The van der Waals surface area contributed by atoms with Gasteiger partial charge in [0.25, 0.3) is 5.92 Å². The Balaban J connectivity index is 2.56. The monoisotopic (exact) mass is 162 g/mol. The maximum absolute atomic E-state index is 12.5. The van der Waals surface area contributed by atoms with E-state index in [1.807, 2.05) is 0 Å². The van der Waals surface area contributed by atoms with Gasteiger partial charge in [-0.25, -0.2) is 13.8 Å². The van der Waals surface area contributed by atoms with E-state index in [1.165, 1.54) is 6.33 Å². The molecule has 1 rings (SSSR count). The first-order valence-corrected chi connectivity index (χ1v) is 3.06. The summed E-state index contributed by atoms with van der Waals surface area (Å²) >= 11 is 0. The van der Waals surface area contributed by atoms with E-state index in [4.69, 9.17) is 5.73 Å². The average Bonchev–Trinajstić information content (AvgIpc) is 2.39. The highest BCUT2D eigenvalue weighted by Crippen LogP contribution is 2.15. The Kier molecular flexibility index (Phi) is 2.13. The lowest BCUT2D eigenvalue weighted by Crippen LogP contribution is -2.30. The second-order valence-electron chi connectivity index (χ2n) is 2.17. The average molecular weight is 162 g/mol. The van der Waals surface area contributed by atoms with Gasteiger partial charge in [-0.05, 0) is 0 Å². The molecular weight excluding hydrogens is 154 g/mol. The van der Waals surface area contributed by atoms with Gasteiger partial charge in [0.15, 0.2) is 0 Å². The SMILES string of the molecule is NCC(F)(F)Cc1ncn[nH]1. The van der Waals surface area contributed by atoms with Crippen molar-refractivity contribution in [3.05, 3.63) is 12.2 Å². The number of halogens is 2. The van der Waals surface area contributed by atoms with Gasteiger partial charge in [-0.1, -0.05) is 0 Å². The van der Waals surface area contributed by atoms with Gasteiger partial charge in [-0.3, -0.25) is 5.10 Å². The van der Waals surface area contributed by atoms with Crippen LogP contribution in [0.2, 0.25) is 0 Å². The molecule has 6 heteroatoms. The van der Waals surface area contributed by atoms with E-state index in [0.717, 1.165) is 0 Å². The number of nitrogens with one attached hydrogen (secondary N) is 1. The molecule has 0 radical (unpaired) electrons. The number of hydrogen-bond donors (Lipinski definition) is 2. The Hall–Kier alpha value is -1.04. The fourth-order valence-electron chi connectivity index (χ4n) is 0.633. The molecule has 0 amide bonds. The second kappa shape index (κ2) is 2.91. The van der Waals surface area contributed by atoms with Crippen molar-refractivity contribution >= 4 is 0 Å². The number of rotatable bonds is 3. The standard InChI is InChI=1S/C5H8F2N4/c6-5(7,2-8)1-4-9-3-10-11-4/h3H,1-2,8H2,(H,9,10,11). The number of alkyl halides is 2. The Labute approximate surface area is 61.8 Å². The number of aromatic nitrogens is 3. The summed E-state index contributed by atoms with van der Waals surface area (Å²) in [6, 6.07) is 0. The molecule has 0 saturated heterocycles. The third kappa shape index (κ3) is 2.23. The molecule has 1 aromatic rings. The van der Waals surface area contributed by atoms with Gasteiger partial charge in [-0.2, -0.15) is 5.10 Å². The van der Waals surface area contributed by atoms with E-state index in [0.29, 0.717) is 0 Å². The minimum absolute atomic E-state index is 0.153. The first kappa shape index (κ1) is 8.06. The normalized spacial score (nSPS) is 11.9. The van der Waals surface area contributed by atoms with E-state index in [9.17, 15) is 8.78 Å². The smallest absolute Gasteiger partial charge is 0.267 e. The highest BCUT2D eigenvalue weighted by molar-refractivity contribution is 4.87. The molecule has 0 atom stereocenters. The van der Waals surface area contributed by atoms with Crippen LogP contribution in [0, 0.1) is 0 Å². The van der Waals surface area contributed by atoms with Crippen LogP contribution in [-0.4, -0.2) is 27.6 Å². The van der Waals surface area contributed by atoms with Crippen LogP contribution in [0.3, 0.4) is 0 Å². The lowest BCUT2D eigenvalue weighted by atomic mass is 10.2. The van der Waals surface area contributed by atoms with E-state index >= 15 is 0 Å². The van der Waals surface area contributed by atoms with Crippen LogP contribution in [0.15, 0.2) is 6.33 Å². The van der Waals surface area contributed by atoms with E-state index in [1.54, 1.807) is 0 Å². The van der Waals surface area contributed by atoms with Crippen molar-refractivity contribution in [3.8, 4) is 0 Å². The summed E-state index contributed by atoms with van der Waals surface area (Å²) in [4.78, 5) is 3.55. The van der Waals surface area contributed by atoms with Crippen molar-refractivity contribution in [2.45, 2.75) is 12.3 Å². The van der Waals surface area contributed by atoms with Crippen LogP contribution < -0.4 is 5.73 Å². The zero-order chi connectivity index (χ0) is 8.32. The lowest BCUT2D eigenvalue weighted by Gasteiger charge is -2.10. The molecule has 0 aliphatic rings. The van der Waals surface area contributed by atoms with Crippen molar-refractivity contribution in [1.29, 1.82) is 0 Å². The zero-order valence-electron chi connectivity index (χ0n) is 5.72. The van der Waals surface area contributed by atoms with Gasteiger partial charge in [0.1, 0.15) is 12.2 Å². The highest BCUT2D eigenvalue weighted by Gasteiger charge is 2.28. The molecule has 0 spiro atoms. The van der Waals surface area contributed by atoms with Crippen molar-refractivity contribution in [2.75, 3.05) is 6.54 Å². The Morgan fingerprint density at radius 1 is 1.64 bits per heavy atom. The summed E-state index contributed by atoms with van der Waals surface area (Å²) in [6.07, 6.45) is 0.700. The molecule has 1 aromatic heterocycles. The van der Waals surface area contributed by atoms with Crippen molar-refractivity contribution < 1.29 is 8.78 Å². The first-order valence-electron chi connectivity index (χ1n) is 3.06. The van der Waals surface area contributed by atoms with Gasteiger partial charge >= 0.3 is 0 Å². The van der Waals surface area contributed by atoms with Crippen LogP contribution in [0.25, 0.3) is 0 Å². The first-order chi connectivity index (χ1) is 5.14. The Morgan fingerprint density at radius 3 is 2.82 bits per heavy atom. The van der Waals surface area contributed by atoms with E-state index < -0.39 is 18.9 Å². The summed E-state index contributed by atoms with van der Waals surface area (Å²) in [5.41, 5.74) is 4.81. The Morgan fingerprint density at radius 2 is 2.36 bits per heavy atom. The molecule has 3 N–H and O–H groups in total. The van der Waals surface area contributed by atoms with Gasteiger partial charge in [-0.15, -0.1) is 0 Å². The topological polar surface area (TPSA) is 67.6 Å². The molecular formula is C5H8F2N4. The van der Waals surface area contributed by atoms with Crippen molar-refractivity contribution in [2.24, 2.45) is 5.73 Å². The maximum Gasteiger partial charge on any atom is 0.267 e. The molecule has 62 valence electrons. The maximum atomic E-state index is 12.5. The number of H-pyrrole nitrogens is 1. The van der Waals surface area contributed by atoms with Gasteiger partial charge in [0.2, 0.25) is 0 Å². The molecule has 0 saturated carbocycles.